The second kappa shape index (κ2) is 5.96. The Bertz CT molecular complexity index is 656. The lowest BCUT2D eigenvalue weighted by atomic mass is 10.1. The smallest absolute Gasteiger partial charge is 0.335 e. The van der Waals surface area contributed by atoms with Crippen molar-refractivity contribution >= 4 is 39.0 Å². The SMILES string of the molecule is CCc1cc(Br)ccc1Nc1cc(C(=O)O)ccc1N. The first-order valence-electron chi connectivity index (χ1n) is 6.19. The average Bonchev–Trinajstić information content (AvgIpc) is 2.42. The van der Waals surface area contributed by atoms with E-state index in [2.05, 4.69) is 28.2 Å². The van der Waals surface area contributed by atoms with Gasteiger partial charge < -0.3 is 16.2 Å². The van der Waals surface area contributed by atoms with Crippen molar-refractivity contribution in [2.45, 2.75) is 13.3 Å². The van der Waals surface area contributed by atoms with Crippen LogP contribution in [0.15, 0.2) is 40.9 Å². The normalized spacial score (nSPS) is 10.3. The average molecular weight is 335 g/mol. The third-order valence-corrected chi connectivity index (χ3v) is 3.51. The lowest BCUT2D eigenvalue weighted by Crippen LogP contribution is -2.02. The molecule has 4 N–H and O–H groups in total. The third kappa shape index (κ3) is 3.11. The topological polar surface area (TPSA) is 75.3 Å². The highest BCUT2D eigenvalue weighted by Crippen LogP contribution is 2.28. The molecule has 2 aromatic carbocycles. The van der Waals surface area contributed by atoms with Crippen molar-refractivity contribution in [3.63, 3.8) is 0 Å². The number of rotatable bonds is 4. The zero-order valence-electron chi connectivity index (χ0n) is 11.0. The standard InChI is InChI=1S/C15H15BrN2O2/c1-2-9-7-11(16)4-6-13(9)18-14-8-10(15(19)20)3-5-12(14)17/h3-8,18H,2,17H2,1H3,(H,19,20). The molecular weight excluding hydrogens is 320 g/mol. The van der Waals surface area contributed by atoms with E-state index in [1.807, 2.05) is 18.2 Å². The Labute approximate surface area is 125 Å². The van der Waals surface area contributed by atoms with Crippen molar-refractivity contribution in [2.24, 2.45) is 0 Å². The zero-order valence-corrected chi connectivity index (χ0v) is 12.6. The van der Waals surface area contributed by atoms with Gasteiger partial charge in [0.25, 0.3) is 0 Å². The summed E-state index contributed by atoms with van der Waals surface area (Å²) in [5.74, 6) is -0.973. The lowest BCUT2D eigenvalue weighted by Gasteiger charge is -2.14. The molecule has 0 heterocycles. The van der Waals surface area contributed by atoms with Gasteiger partial charge in [0.1, 0.15) is 0 Å². The molecule has 0 fully saturated rings. The van der Waals surface area contributed by atoms with Crippen molar-refractivity contribution in [1.82, 2.24) is 0 Å². The summed E-state index contributed by atoms with van der Waals surface area (Å²) in [5.41, 5.74) is 9.26. The van der Waals surface area contributed by atoms with Crippen LogP contribution in [-0.4, -0.2) is 11.1 Å². The fraction of sp³-hybridized carbons (Fsp3) is 0.133. The summed E-state index contributed by atoms with van der Waals surface area (Å²) in [6, 6.07) is 10.5. The summed E-state index contributed by atoms with van der Waals surface area (Å²) < 4.78 is 1.01. The van der Waals surface area contributed by atoms with Gasteiger partial charge in [0.15, 0.2) is 0 Å². The Kier molecular flexibility index (Phi) is 4.29. The van der Waals surface area contributed by atoms with Gasteiger partial charge >= 0.3 is 5.97 Å². The maximum Gasteiger partial charge on any atom is 0.335 e. The molecule has 104 valence electrons. The molecule has 20 heavy (non-hydrogen) atoms. The number of hydrogen-bond donors (Lipinski definition) is 3. The minimum Gasteiger partial charge on any atom is -0.478 e. The second-order valence-corrected chi connectivity index (χ2v) is 5.30. The zero-order chi connectivity index (χ0) is 14.7. The van der Waals surface area contributed by atoms with Crippen molar-refractivity contribution in [1.29, 1.82) is 0 Å². The third-order valence-electron chi connectivity index (χ3n) is 3.02. The van der Waals surface area contributed by atoms with Gasteiger partial charge in [0.05, 0.1) is 16.9 Å². The molecule has 5 heteroatoms. The van der Waals surface area contributed by atoms with E-state index < -0.39 is 5.97 Å². The van der Waals surface area contributed by atoms with E-state index in [-0.39, 0.29) is 5.56 Å². The lowest BCUT2D eigenvalue weighted by molar-refractivity contribution is 0.0697. The van der Waals surface area contributed by atoms with Crippen molar-refractivity contribution in [3.05, 3.63) is 52.0 Å². The maximum atomic E-state index is 11.0. The number of benzene rings is 2. The number of carboxylic acids is 1. The first-order valence-corrected chi connectivity index (χ1v) is 6.99. The van der Waals surface area contributed by atoms with Gasteiger partial charge in [0.2, 0.25) is 0 Å². The van der Waals surface area contributed by atoms with Gasteiger partial charge in [-0.1, -0.05) is 22.9 Å². The Hall–Kier alpha value is -2.01. The van der Waals surface area contributed by atoms with E-state index in [9.17, 15) is 4.79 Å². The van der Waals surface area contributed by atoms with Gasteiger partial charge in [0, 0.05) is 10.2 Å². The predicted molar refractivity (Wildman–Crippen MR) is 84.6 cm³/mol. The van der Waals surface area contributed by atoms with E-state index in [4.69, 9.17) is 10.8 Å². The van der Waals surface area contributed by atoms with Crippen LogP contribution in [-0.2, 0) is 6.42 Å². The molecule has 0 spiro atoms. The predicted octanol–water partition coefficient (Wildman–Crippen LogP) is 4.04. The summed E-state index contributed by atoms with van der Waals surface area (Å²) in [6.07, 6.45) is 0.861. The molecule has 0 aromatic heterocycles. The molecule has 0 amide bonds. The Morgan fingerprint density at radius 2 is 2.00 bits per heavy atom. The number of halogens is 1. The monoisotopic (exact) mass is 334 g/mol. The van der Waals surface area contributed by atoms with Crippen LogP contribution in [0, 0.1) is 0 Å². The van der Waals surface area contributed by atoms with Crippen LogP contribution in [0.4, 0.5) is 17.1 Å². The number of nitrogen functional groups attached to an aromatic ring is 1. The molecule has 0 aliphatic rings. The number of nitrogens with one attached hydrogen (secondary N) is 1. The molecule has 0 saturated heterocycles. The van der Waals surface area contributed by atoms with Crippen molar-refractivity contribution < 1.29 is 9.90 Å². The summed E-state index contributed by atoms with van der Waals surface area (Å²) in [6.45, 7) is 2.06. The van der Waals surface area contributed by atoms with Crippen LogP contribution in [0.3, 0.4) is 0 Å². The highest BCUT2D eigenvalue weighted by molar-refractivity contribution is 9.10. The molecule has 0 aliphatic heterocycles. The van der Waals surface area contributed by atoms with Gasteiger partial charge in [-0.05, 0) is 48.4 Å². The molecule has 0 unspecified atom stereocenters. The number of anilines is 3. The number of carbonyl (C=O) groups is 1. The maximum absolute atomic E-state index is 11.0. The van der Waals surface area contributed by atoms with Crippen LogP contribution in [0.5, 0.6) is 0 Å². The minimum absolute atomic E-state index is 0.205. The summed E-state index contributed by atoms with van der Waals surface area (Å²) in [7, 11) is 0. The van der Waals surface area contributed by atoms with Crippen LogP contribution in [0.1, 0.15) is 22.8 Å². The molecule has 0 atom stereocenters. The number of hydrogen-bond acceptors (Lipinski definition) is 3. The molecule has 2 aromatic rings. The van der Waals surface area contributed by atoms with E-state index in [1.165, 1.54) is 6.07 Å². The summed E-state index contributed by atoms with van der Waals surface area (Å²) in [4.78, 5) is 11.0. The quantitative estimate of drug-likeness (QED) is 0.737. The highest BCUT2D eigenvalue weighted by Gasteiger charge is 2.08. The van der Waals surface area contributed by atoms with E-state index in [1.54, 1.807) is 12.1 Å². The second-order valence-electron chi connectivity index (χ2n) is 4.39. The van der Waals surface area contributed by atoms with Gasteiger partial charge in [-0.2, -0.15) is 0 Å². The van der Waals surface area contributed by atoms with Crippen molar-refractivity contribution in [3.8, 4) is 0 Å². The van der Waals surface area contributed by atoms with Crippen LogP contribution < -0.4 is 11.1 Å². The van der Waals surface area contributed by atoms with Gasteiger partial charge in [-0.3, -0.25) is 0 Å². The highest BCUT2D eigenvalue weighted by atomic mass is 79.9. The number of aromatic carboxylic acids is 1. The number of nitrogens with two attached hydrogens (primary N) is 1. The Balaban J connectivity index is 2.39. The van der Waals surface area contributed by atoms with Crippen LogP contribution >= 0.6 is 15.9 Å². The molecule has 2 rings (SSSR count). The largest absolute Gasteiger partial charge is 0.478 e. The molecule has 0 bridgehead atoms. The molecule has 0 aliphatic carbocycles. The molecule has 0 radical (unpaired) electrons. The van der Waals surface area contributed by atoms with Crippen LogP contribution in [0.25, 0.3) is 0 Å². The van der Waals surface area contributed by atoms with Gasteiger partial charge in [-0.25, -0.2) is 4.79 Å². The summed E-state index contributed by atoms with van der Waals surface area (Å²) >= 11 is 3.44. The number of aryl methyl sites for hydroxylation is 1. The molecule has 4 nitrogen and oxygen atoms in total. The fourth-order valence-electron chi connectivity index (χ4n) is 1.92. The Morgan fingerprint density at radius 1 is 1.25 bits per heavy atom. The first-order chi connectivity index (χ1) is 9.51. The minimum atomic E-state index is -0.973. The first kappa shape index (κ1) is 14.4. The van der Waals surface area contributed by atoms with Gasteiger partial charge in [-0.15, -0.1) is 0 Å². The van der Waals surface area contributed by atoms with Crippen molar-refractivity contribution in [2.75, 3.05) is 11.1 Å². The van der Waals surface area contributed by atoms with E-state index in [0.29, 0.717) is 11.4 Å². The van der Waals surface area contributed by atoms with Crippen LogP contribution in [0.2, 0.25) is 0 Å². The molecular formula is C15H15BrN2O2. The Morgan fingerprint density at radius 3 is 2.65 bits per heavy atom. The van der Waals surface area contributed by atoms with E-state index in [0.717, 1.165) is 22.1 Å². The number of carboxylic acid groups (broad SMARTS) is 1. The fourth-order valence-corrected chi connectivity index (χ4v) is 2.33. The van der Waals surface area contributed by atoms with E-state index >= 15 is 0 Å². The summed E-state index contributed by atoms with van der Waals surface area (Å²) in [5, 5.41) is 12.2. The molecule has 0 saturated carbocycles.